The molecule has 0 aliphatic heterocycles. The van der Waals surface area contributed by atoms with Gasteiger partial charge in [-0.2, -0.15) is 0 Å². The third-order valence-electron chi connectivity index (χ3n) is 6.06. The van der Waals surface area contributed by atoms with Crippen molar-refractivity contribution >= 4 is 24.4 Å². The Kier molecular flexibility index (Phi) is 7.53. The molecule has 3 aromatic carbocycles. The first-order valence-corrected chi connectivity index (χ1v) is 11.9. The molecule has 0 saturated heterocycles. The first-order valence-electron chi connectivity index (χ1n) is 10.7. The number of benzene rings is 3. The summed E-state index contributed by atoms with van der Waals surface area (Å²) in [6, 6.07) is 11.5. The summed E-state index contributed by atoms with van der Waals surface area (Å²) in [6.07, 6.45) is 0. The molecule has 0 spiro atoms. The van der Waals surface area contributed by atoms with Crippen LogP contribution in [0.1, 0.15) is 48.5 Å². The van der Waals surface area contributed by atoms with Gasteiger partial charge in [-0.15, -0.1) is 0 Å². The van der Waals surface area contributed by atoms with Gasteiger partial charge >= 0.3 is 13.3 Å². The Morgan fingerprint density at radius 1 is 0.735 bits per heavy atom. The molecule has 176 valence electrons. The standard InChI is InChI=1S/C27H28O6P/c1-15-12-16(2)24(18(4)17(15)3)26(28)20-10-8-9-11-23(20)34(30)27(29)25-21(32-6)13-19(31-5)14-22(25)33-7/h8-14H,1-7H3/q+1. The zero-order chi connectivity index (χ0) is 25.2. The van der Waals surface area contributed by atoms with E-state index in [4.69, 9.17) is 14.2 Å². The van der Waals surface area contributed by atoms with Crippen LogP contribution < -0.4 is 19.5 Å². The quantitative estimate of drug-likeness (QED) is 0.315. The van der Waals surface area contributed by atoms with E-state index in [-0.39, 0.29) is 33.7 Å². The molecule has 0 aromatic heterocycles. The highest BCUT2D eigenvalue weighted by Gasteiger charge is 2.41. The van der Waals surface area contributed by atoms with E-state index in [2.05, 4.69) is 0 Å². The van der Waals surface area contributed by atoms with E-state index in [9.17, 15) is 14.2 Å². The zero-order valence-corrected chi connectivity index (χ0v) is 21.3. The predicted octanol–water partition coefficient (Wildman–Crippen LogP) is 5.47. The van der Waals surface area contributed by atoms with Crippen LogP contribution in [0.4, 0.5) is 0 Å². The van der Waals surface area contributed by atoms with E-state index in [1.54, 1.807) is 24.3 Å². The maximum atomic E-state index is 13.7. The Bertz CT molecular complexity index is 1280. The fraction of sp³-hybridized carbons (Fsp3) is 0.259. The van der Waals surface area contributed by atoms with Crippen molar-refractivity contribution in [1.82, 2.24) is 0 Å². The number of aryl methyl sites for hydroxylation is 2. The summed E-state index contributed by atoms with van der Waals surface area (Å²) in [6.45, 7) is 7.76. The molecule has 0 radical (unpaired) electrons. The summed E-state index contributed by atoms with van der Waals surface area (Å²) in [4.78, 5) is 27.1. The Morgan fingerprint density at radius 3 is 1.88 bits per heavy atom. The topological polar surface area (TPSA) is 78.9 Å². The molecule has 3 aromatic rings. The van der Waals surface area contributed by atoms with Gasteiger partial charge in [0.25, 0.3) is 0 Å². The number of methoxy groups -OCH3 is 3. The zero-order valence-electron chi connectivity index (χ0n) is 20.4. The highest BCUT2D eigenvalue weighted by Crippen LogP contribution is 2.40. The van der Waals surface area contributed by atoms with Crippen molar-refractivity contribution in [3.63, 3.8) is 0 Å². The lowest BCUT2D eigenvalue weighted by Crippen LogP contribution is -2.18. The first-order chi connectivity index (χ1) is 16.2. The van der Waals surface area contributed by atoms with Crippen LogP contribution in [0.15, 0.2) is 42.5 Å². The number of ketones is 1. The van der Waals surface area contributed by atoms with Crippen LogP contribution >= 0.6 is 7.80 Å². The maximum Gasteiger partial charge on any atom is 0.459 e. The van der Waals surface area contributed by atoms with Crippen LogP contribution in [-0.2, 0) is 4.57 Å². The Morgan fingerprint density at radius 2 is 1.32 bits per heavy atom. The van der Waals surface area contributed by atoms with E-state index in [1.807, 2.05) is 33.8 Å². The van der Waals surface area contributed by atoms with E-state index >= 15 is 0 Å². The molecule has 0 amide bonds. The number of ether oxygens (including phenoxy) is 3. The van der Waals surface area contributed by atoms with Crippen LogP contribution in [0.5, 0.6) is 17.2 Å². The van der Waals surface area contributed by atoms with Crippen molar-refractivity contribution in [1.29, 1.82) is 0 Å². The lowest BCUT2D eigenvalue weighted by atomic mass is 9.89. The molecular weight excluding hydrogens is 451 g/mol. The van der Waals surface area contributed by atoms with Crippen molar-refractivity contribution in [2.45, 2.75) is 27.7 Å². The summed E-state index contributed by atoms with van der Waals surface area (Å²) in [5.74, 6) is 0.513. The van der Waals surface area contributed by atoms with Crippen LogP contribution in [0.2, 0.25) is 0 Å². The molecule has 7 heteroatoms. The maximum absolute atomic E-state index is 13.7. The average Bonchev–Trinajstić information content (AvgIpc) is 2.85. The van der Waals surface area contributed by atoms with Gasteiger partial charge in [-0.05, 0) is 62.1 Å². The second-order valence-electron chi connectivity index (χ2n) is 7.99. The largest absolute Gasteiger partial charge is 0.496 e. The predicted molar refractivity (Wildman–Crippen MR) is 133 cm³/mol. The smallest absolute Gasteiger partial charge is 0.459 e. The number of hydrogen-bond donors (Lipinski definition) is 0. The number of rotatable bonds is 8. The van der Waals surface area contributed by atoms with Gasteiger partial charge in [0.15, 0.2) is 11.3 Å². The Balaban J connectivity index is 2.14. The summed E-state index contributed by atoms with van der Waals surface area (Å²) in [5, 5.41) is 0.171. The normalized spacial score (nSPS) is 11.1. The van der Waals surface area contributed by atoms with Crippen LogP contribution in [0.25, 0.3) is 0 Å². The van der Waals surface area contributed by atoms with Crippen molar-refractivity contribution in [2.75, 3.05) is 21.3 Å². The van der Waals surface area contributed by atoms with E-state index in [0.717, 1.165) is 22.3 Å². The molecule has 0 heterocycles. The molecule has 6 nitrogen and oxygen atoms in total. The van der Waals surface area contributed by atoms with Crippen molar-refractivity contribution in [3.05, 3.63) is 81.4 Å². The van der Waals surface area contributed by atoms with Crippen LogP contribution in [0, 0.1) is 27.7 Å². The molecule has 0 aliphatic rings. The minimum absolute atomic E-state index is 0.0349. The third-order valence-corrected chi connectivity index (χ3v) is 7.48. The minimum atomic E-state index is -2.66. The second-order valence-corrected chi connectivity index (χ2v) is 9.46. The fourth-order valence-electron chi connectivity index (χ4n) is 4.04. The van der Waals surface area contributed by atoms with Crippen molar-refractivity contribution in [2.24, 2.45) is 0 Å². The Hall–Kier alpha value is -3.50. The van der Waals surface area contributed by atoms with Gasteiger partial charge in [0.1, 0.15) is 17.2 Å². The van der Waals surface area contributed by atoms with Gasteiger partial charge in [-0.25, -0.2) is 4.79 Å². The molecule has 1 unspecified atom stereocenters. The average molecular weight is 479 g/mol. The lowest BCUT2D eigenvalue weighted by molar-refractivity contribution is 0.103. The number of carbonyl (C=O) groups excluding carboxylic acids is 2. The summed E-state index contributed by atoms with van der Waals surface area (Å²) in [5.41, 5.74) is 3.97. The van der Waals surface area contributed by atoms with Gasteiger partial charge < -0.3 is 14.2 Å². The number of carbonyl (C=O) groups is 2. The molecule has 0 bridgehead atoms. The minimum Gasteiger partial charge on any atom is -0.496 e. The van der Waals surface area contributed by atoms with E-state index in [1.165, 1.54) is 33.5 Å². The molecule has 0 N–H and O–H groups in total. The molecule has 0 aliphatic carbocycles. The van der Waals surface area contributed by atoms with Crippen molar-refractivity contribution < 1.29 is 28.4 Å². The van der Waals surface area contributed by atoms with E-state index < -0.39 is 13.3 Å². The van der Waals surface area contributed by atoms with Crippen LogP contribution in [0.3, 0.4) is 0 Å². The lowest BCUT2D eigenvalue weighted by Gasteiger charge is -2.14. The van der Waals surface area contributed by atoms with Gasteiger partial charge in [-0.3, -0.25) is 4.79 Å². The highest BCUT2D eigenvalue weighted by molar-refractivity contribution is 7.71. The SMILES string of the molecule is COc1cc(OC)c(C(=O)[P+](=O)c2ccccc2C(=O)c2c(C)cc(C)c(C)c2C)c(OC)c1. The third kappa shape index (κ3) is 4.46. The summed E-state index contributed by atoms with van der Waals surface area (Å²) >= 11 is 0. The summed E-state index contributed by atoms with van der Waals surface area (Å²) in [7, 11) is 1.63. The van der Waals surface area contributed by atoms with E-state index in [0.29, 0.717) is 11.3 Å². The number of hydrogen-bond acceptors (Lipinski definition) is 6. The monoisotopic (exact) mass is 479 g/mol. The molecular formula is C27H28O6P+. The second kappa shape index (κ2) is 10.2. The van der Waals surface area contributed by atoms with Crippen molar-refractivity contribution in [3.8, 4) is 17.2 Å². The van der Waals surface area contributed by atoms with Gasteiger partial charge in [0.05, 0.1) is 26.9 Å². The fourth-order valence-corrected chi connectivity index (χ4v) is 5.30. The van der Waals surface area contributed by atoms with Crippen LogP contribution in [-0.4, -0.2) is 32.6 Å². The molecule has 1 atom stereocenters. The molecule has 34 heavy (non-hydrogen) atoms. The molecule has 0 fully saturated rings. The summed E-state index contributed by atoms with van der Waals surface area (Å²) < 4.78 is 29.5. The highest BCUT2D eigenvalue weighted by atomic mass is 31.1. The van der Waals surface area contributed by atoms with Gasteiger partial charge in [0, 0.05) is 17.7 Å². The Labute approximate surface area is 200 Å². The molecule has 0 saturated carbocycles. The van der Waals surface area contributed by atoms with Gasteiger partial charge in [-0.1, -0.05) is 22.8 Å². The molecule has 3 rings (SSSR count). The first kappa shape index (κ1) is 25.1. The van der Waals surface area contributed by atoms with Gasteiger partial charge in [0.2, 0.25) is 5.30 Å².